The molecule has 0 aliphatic heterocycles. The molecule has 0 unspecified atom stereocenters. The molecule has 4 rings (SSSR count). The molecule has 156 valence electrons. The monoisotopic (exact) mass is 414 g/mol. The summed E-state index contributed by atoms with van der Waals surface area (Å²) in [6, 6.07) is 14.8. The van der Waals surface area contributed by atoms with Gasteiger partial charge in [0.15, 0.2) is 5.88 Å². The van der Waals surface area contributed by atoms with Crippen molar-refractivity contribution < 1.29 is 9.90 Å². The molecule has 0 spiro atoms. The number of anilines is 1. The van der Waals surface area contributed by atoms with E-state index >= 15 is 0 Å². The molecule has 0 saturated heterocycles. The number of hydrogen-bond acceptors (Lipinski definition) is 5. The average molecular weight is 414 g/mol. The Labute approximate surface area is 179 Å². The molecule has 8 nitrogen and oxygen atoms in total. The molecule has 3 heterocycles. The molecule has 31 heavy (non-hydrogen) atoms. The smallest absolute Gasteiger partial charge is 0.322 e. The van der Waals surface area contributed by atoms with Crippen molar-refractivity contribution in [3.8, 4) is 5.88 Å². The number of aliphatic imine (C=N–C) groups is 1. The molecule has 3 N–H and O–H groups in total. The fraction of sp³-hybridized carbons (Fsp3) is 0.130. The molecule has 0 fully saturated rings. The number of carbonyl (C=O) groups is 1. The fourth-order valence-electron chi connectivity index (χ4n) is 3.35. The van der Waals surface area contributed by atoms with E-state index in [-0.39, 0.29) is 11.9 Å². The lowest BCUT2D eigenvalue weighted by molar-refractivity contribution is 0.249. The fourth-order valence-corrected chi connectivity index (χ4v) is 3.35. The first-order chi connectivity index (χ1) is 15.0. The quantitative estimate of drug-likeness (QED) is 0.440. The van der Waals surface area contributed by atoms with Crippen LogP contribution in [0.25, 0.3) is 10.9 Å². The number of nitrogens with zero attached hydrogens (tertiary/aromatic N) is 4. The third-order valence-corrected chi connectivity index (χ3v) is 4.92. The Kier molecular flexibility index (Phi) is 5.36. The van der Waals surface area contributed by atoms with Crippen LogP contribution >= 0.6 is 0 Å². The standard InChI is InChI=1S/C23H22N6O2/c1-14-11-16(9-10-25-14)27-21(15-7-5-4-6-8-15)20-17-12-19(29(3)23(31)24-2)26-13-18(17)28-22(20)30/h4-13,28,30H,1-3H3,(H,24,31). The van der Waals surface area contributed by atoms with Crippen LogP contribution in [0.1, 0.15) is 16.8 Å². The number of pyridine rings is 2. The maximum absolute atomic E-state index is 12.1. The molecule has 0 radical (unpaired) electrons. The first kappa shape index (κ1) is 20.1. The number of aromatic hydroxyl groups is 1. The number of fused-ring (bicyclic) bond motifs is 1. The Hall–Kier alpha value is -4.20. The number of hydrogen-bond donors (Lipinski definition) is 3. The molecular formula is C23H22N6O2. The molecule has 0 aliphatic carbocycles. The predicted octanol–water partition coefficient (Wildman–Crippen LogP) is 3.92. The van der Waals surface area contributed by atoms with E-state index in [1.165, 1.54) is 4.90 Å². The highest BCUT2D eigenvalue weighted by molar-refractivity contribution is 6.22. The van der Waals surface area contributed by atoms with Gasteiger partial charge in [0, 0.05) is 36.9 Å². The summed E-state index contributed by atoms with van der Waals surface area (Å²) in [6.45, 7) is 1.90. The minimum Gasteiger partial charge on any atom is -0.494 e. The van der Waals surface area contributed by atoms with E-state index in [0.29, 0.717) is 28.0 Å². The second-order valence-electron chi connectivity index (χ2n) is 7.03. The van der Waals surface area contributed by atoms with E-state index in [4.69, 9.17) is 4.99 Å². The van der Waals surface area contributed by atoms with Crippen LogP contribution in [0.4, 0.5) is 16.3 Å². The van der Waals surface area contributed by atoms with Crippen LogP contribution in [0, 0.1) is 6.92 Å². The number of aryl methyl sites for hydroxylation is 1. The van der Waals surface area contributed by atoms with Crippen molar-refractivity contribution in [1.82, 2.24) is 20.3 Å². The lowest BCUT2D eigenvalue weighted by atomic mass is 10.0. The highest BCUT2D eigenvalue weighted by Crippen LogP contribution is 2.33. The van der Waals surface area contributed by atoms with Crippen LogP contribution in [-0.2, 0) is 0 Å². The number of nitrogens with one attached hydrogen (secondary N) is 2. The molecule has 0 aliphatic rings. The molecule has 8 heteroatoms. The Morgan fingerprint density at radius 2 is 1.94 bits per heavy atom. The van der Waals surface area contributed by atoms with Crippen molar-refractivity contribution in [2.75, 3.05) is 19.0 Å². The van der Waals surface area contributed by atoms with E-state index in [9.17, 15) is 9.90 Å². The Morgan fingerprint density at radius 1 is 1.16 bits per heavy atom. The van der Waals surface area contributed by atoms with Gasteiger partial charge in [0.25, 0.3) is 0 Å². The molecule has 4 aromatic rings. The van der Waals surface area contributed by atoms with E-state index in [0.717, 1.165) is 16.9 Å². The largest absolute Gasteiger partial charge is 0.494 e. The van der Waals surface area contributed by atoms with Gasteiger partial charge < -0.3 is 15.4 Å². The Morgan fingerprint density at radius 3 is 2.65 bits per heavy atom. The first-order valence-electron chi connectivity index (χ1n) is 9.71. The minimum absolute atomic E-state index is 0.0232. The number of urea groups is 1. The van der Waals surface area contributed by atoms with Crippen molar-refractivity contribution in [1.29, 1.82) is 0 Å². The Balaban J connectivity index is 1.95. The van der Waals surface area contributed by atoms with Gasteiger partial charge in [0.05, 0.1) is 28.7 Å². The molecule has 1 aromatic carbocycles. The summed E-state index contributed by atoms with van der Waals surface area (Å²) < 4.78 is 0. The van der Waals surface area contributed by atoms with Crippen molar-refractivity contribution >= 4 is 34.2 Å². The lowest BCUT2D eigenvalue weighted by Crippen LogP contribution is -2.35. The van der Waals surface area contributed by atoms with E-state index < -0.39 is 0 Å². The molecule has 0 atom stereocenters. The number of aromatic amines is 1. The first-order valence-corrected chi connectivity index (χ1v) is 9.71. The normalized spacial score (nSPS) is 11.5. The third-order valence-electron chi connectivity index (χ3n) is 4.92. The summed E-state index contributed by atoms with van der Waals surface area (Å²) in [7, 11) is 3.19. The second-order valence-corrected chi connectivity index (χ2v) is 7.03. The summed E-state index contributed by atoms with van der Waals surface area (Å²) in [5, 5.41) is 14.1. The average Bonchev–Trinajstić information content (AvgIpc) is 3.11. The zero-order valence-corrected chi connectivity index (χ0v) is 17.4. The van der Waals surface area contributed by atoms with E-state index in [1.807, 2.05) is 49.4 Å². The van der Waals surface area contributed by atoms with Gasteiger partial charge in [0.2, 0.25) is 0 Å². The van der Waals surface area contributed by atoms with Gasteiger partial charge in [-0.15, -0.1) is 0 Å². The third kappa shape index (κ3) is 3.95. The van der Waals surface area contributed by atoms with Gasteiger partial charge in [-0.25, -0.2) is 14.8 Å². The van der Waals surface area contributed by atoms with Gasteiger partial charge in [0.1, 0.15) is 5.82 Å². The molecule has 0 saturated carbocycles. The lowest BCUT2D eigenvalue weighted by Gasteiger charge is -2.15. The summed E-state index contributed by atoms with van der Waals surface area (Å²) in [6.07, 6.45) is 3.29. The second kappa shape index (κ2) is 8.27. The predicted molar refractivity (Wildman–Crippen MR) is 121 cm³/mol. The van der Waals surface area contributed by atoms with Gasteiger partial charge in [-0.2, -0.15) is 0 Å². The number of aromatic nitrogens is 3. The summed E-state index contributed by atoms with van der Waals surface area (Å²) in [5.41, 5.74) is 4.16. The van der Waals surface area contributed by atoms with Crippen molar-refractivity contribution in [2.45, 2.75) is 6.92 Å². The topological polar surface area (TPSA) is 107 Å². The molecule has 3 aromatic heterocycles. The zero-order valence-electron chi connectivity index (χ0n) is 17.4. The van der Waals surface area contributed by atoms with Crippen LogP contribution < -0.4 is 10.2 Å². The van der Waals surface area contributed by atoms with Crippen LogP contribution in [0.3, 0.4) is 0 Å². The number of rotatable bonds is 4. The number of benzene rings is 1. The highest BCUT2D eigenvalue weighted by atomic mass is 16.3. The van der Waals surface area contributed by atoms with Crippen LogP contribution in [0.2, 0.25) is 0 Å². The van der Waals surface area contributed by atoms with Crippen LogP contribution in [-0.4, -0.2) is 45.9 Å². The summed E-state index contributed by atoms with van der Waals surface area (Å²) in [4.78, 5) is 29.8. The maximum atomic E-state index is 12.1. The number of carbonyl (C=O) groups excluding carboxylic acids is 1. The van der Waals surface area contributed by atoms with Crippen LogP contribution in [0.15, 0.2) is 65.9 Å². The molecule has 0 bridgehead atoms. The van der Waals surface area contributed by atoms with E-state index in [1.54, 1.807) is 32.6 Å². The SMILES string of the molecule is CNC(=O)N(C)c1cc2c(C(=Nc3ccnc(C)c3)c3ccccc3)c(O)[nH]c2cn1. The van der Waals surface area contributed by atoms with Crippen LogP contribution in [0.5, 0.6) is 5.88 Å². The van der Waals surface area contributed by atoms with Gasteiger partial charge in [-0.1, -0.05) is 30.3 Å². The summed E-state index contributed by atoms with van der Waals surface area (Å²) >= 11 is 0. The van der Waals surface area contributed by atoms with E-state index in [2.05, 4.69) is 20.3 Å². The Bertz CT molecular complexity index is 1280. The van der Waals surface area contributed by atoms with Gasteiger partial charge in [-0.3, -0.25) is 9.88 Å². The minimum atomic E-state index is -0.294. The highest BCUT2D eigenvalue weighted by Gasteiger charge is 2.21. The van der Waals surface area contributed by atoms with Crippen molar-refractivity contribution in [3.63, 3.8) is 0 Å². The van der Waals surface area contributed by atoms with Gasteiger partial charge in [-0.05, 0) is 25.1 Å². The van der Waals surface area contributed by atoms with Crippen molar-refractivity contribution in [2.24, 2.45) is 4.99 Å². The number of amides is 2. The molecular weight excluding hydrogens is 392 g/mol. The zero-order chi connectivity index (χ0) is 22.0. The molecule has 2 amide bonds. The summed E-state index contributed by atoms with van der Waals surface area (Å²) in [5.74, 6) is 0.421. The van der Waals surface area contributed by atoms with Crippen molar-refractivity contribution in [3.05, 3.63) is 77.7 Å². The van der Waals surface area contributed by atoms with Gasteiger partial charge >= 0.3 is 6.03 Å². The number of H-pyrrole nitrogens is 1. The maximum Gasteiger partial charge on any atom is 0.322 e.